The maximum absolute atomic E-state index is 11.8. The molecule has 19 heavy (non-hydrogen) atoms. The Labute approximate surface area is 126 Å². The monoisotopic (exact) mass is 349 g/mol. The molecule has 1 amide bonds. The molecule has 1 N–H and O–H groups in total. The van der Waals surface area contributed by atoms with Crippen LogP contribution in [0, 0.1) is 0 Å². The van der Waals surface area contributed by atoms with Crippen LogP contribution >= 0.6 is 27.3 Å². The van der Waals surface area contributed by atoms with E-state index in [9.17, 15) is 9.90 Å². The van der Waals surface area contributed by atoms with Gasteiger partial charge in [-0.1, -0.05) is 0 Å². The molecule has 4 nitrogen and oxygen atoms in total. The molecule has 1 unspecified atom stereocenters. The second-order valence-electron chi connectivity index (χ2n) is 4.44. The number of ether oxygens (including phenoxy) is 1. The minimum Gasteiger partial charge on any atom is -0.389 e. The van der Waals surface area contributed by atoms with Crippen molar-refractivity contribution in [3.05, 3.63) is 20.8 Å². The first-order chi connectivity index (χ1) is 9.02. The Bertz CT molecular complexity index is 397. The van der Waals surface area contributed by atoms with Gasteiger partial charge in [0, 0.05) is 32.0 Å². The highest BCUT2D eigenvalue weighted by Crippen LogP contribution is 2.23. The fraction of sp³-hybridized carbons (Fsp3) is 0.615. The van der Waals surface area contributed by atoms with Crippen LogP contribution in [0.4, 0.5) is 0 Å². The molecule has 1 heterocycles. The van der Waals surface area contributed by atoms with Gasteiger partial charge >= 0.3 is 0 Å². The molecule has 6 heteroatoms. The molecule has 0 saturated heterocycles. The van der Waals surface area contributed by atoms with Gasteiger partial charge < -0.3 is 14.7 Å². The van der Waals surface area contributed by atoms with Gasteiger partial charge in [0.2, 0.25) is 5.91 Å². The Morgan fingerprint density at radius 2 is 2.32 bits per heavy atom. The van der Waals surface area contributed by atoms with Gasteiger partial charge in [-0.05, 0) is 40.9 Å². The average Bonchev–Trinajstić information content (AvgIpc) is 2.75. The summed E-state index contributed by atoms with van der Waals surface area (Å²) in [6.45, 7) is 0.568. The van der Waals surface area contributed by atoms with Crippen LogP contribution in [0.5, 0.6) is 0 Å². The molecule has 1 atom stereocenters. The third-order valence-corrected chi connectivity index (χ3v) is 4.40. The highest BCUT2D eigenvalue weighted by atomic mass is 79.9. The summed E-state index contributed by atoms with van der Waals surface area (Å²) in [5.74, 6) is 0.0609. The van der Waals surface area contributed by atoms with E-state index in [1.807, 2.05) is 6.07 Å². The Kier molecular flexibility index (Phi) is 7.60. The molecule has 0 saturated carbocycles. The third kappa shape index (κ3) is 6.51. The molecule has 0 spiro atoms. The van der Waals surface area contributed by atoms with Gasteiger partial charge in [-0.15, -0.1) is 11.3 Å². The molecular formula is C13H20BrNO3S. The molecule has 108 valence electrons. The van der Waals surface area contributed by atoms with Crippen molar-refractivity contribution in [2.75, 3.05) is 27.3 Å². The summed E-state index contributed by atoms with van der Waals surface area (Å²) in [5.41, 5.74) is 0. The number of thiophene rings is 1. The maximum atomic E-state index is 11.8. The minimum atomic E-state index is -0.618. The summed E-state index contributed by atoms with van der Waals surface area (Å²) in [5, 5.41) is 9.55. The van der Waals surface area contributed by atoms with E-state index < -0.39 is 6.10 Å². The van der Waals surface area contributed by atoms with Crippen LogP contribution in [0.1, 0.15) is 17.7 Å². The molecule has 0 fully saturated rings. The summed E-state index contributed by atoms with van der Waals surface area (Å²) in [4.78, 5) is 14.7. The van der Waals surface area contributed by atoms with Gasteiger partial charge in [-0.2, -0.15) is 0 Å². The van der Waals surface area contributed by atoms with Crippen molar-refractivity contribution < 1.29 is 14.6 Å². The zero-order chi connectivity index (χ0) is 14.3. The summed E-state index contributed by atoms with van der Waals surface area (Å²) in [6, 6.07) is 4.10. The summed E-state index contributed by atoms with van der Waals surface area (Å²) in [6.07, 6.45) is 1.63. The van der Waals surface area contributed by atoms with Crippen molar-refractivity contribution in [2.24, 2.45) is 0 Å². The van der Waals surface area contributed by atoms with E-state index in [1.165, 1.54) is 12.0 Å². The predicted octanol–water partition coefficient (Wildman–Crippen LogP) is 2.30. The first-order valence-electron chi connectivity index (χ1n) is 6.18. The number of hydrogen-bond acceptors (Lipinski definition) is 4. The number of carbonyl (C=O) groups is 1. The van der Waals surface area contributed by atoms with E-state index in [0.717, 1.165) is 16.6 Å². The SMILES string of the molecule is COCC(O)CN(C)C(=O)CCCc1ccc(Br)s1. The smallest absolute Gasteiger partial charge is 0.222 e. The molecular weight excluding hydrogens is 330 g/mol. The number of methoxy groups -OCH3 is 1. The number of rotatable bonds is 8. The fourth-order valence-corrected chi connectivity index (χ4v) is 3.28. The molecule has 0 aliphatic heterocycles. The maximum Gasteiger partial charge on any atom is 0.222 e. The van der Waals surface area contributed by atoms with Gasteiger partial charge in [0.05, 0.1) is 16.5 Å². The lowest BCUT2D eigenvalue weighted by Crippen LogP contribution is -2.36. The van der Waals surface area contributed by atoms with Crippen molar-refractivity contribution >= 4 is 33.2 Å². The number of amides is 1. The van der Waals surface area contributed by atoms with Crippen LogP contribution in [0.15, 0.2) is 15.9 Å². The van der Waals surface area contributed by atoms with Crippen molar-refractivity contribution in [1.82, 2.24) is 4.90 Å². The van der Waals surface area contributed by atoms with Crippen molar-refractivity contribution in [3.63, 3.8) is 0 Å². The van der Waals surface area contributed by atoms with Crippen LogP contribution in [0.3, 0.4) is 0 Å². The van der Waals surface area contributed by atoms with E-state index >= 15 is 0 Å². The predicted molar refractivity (Wildman–Crippen MR) is 80.5 cm³/mol. The Morgan fingerprint density at radius 1 is 1.58 bits per heavy atom. The lowest BCUT2D eigenvalue weighted by molar-refractivity contribution is -0.131. The van der Waals surface area contributed by atoms with Gasteiger partial charge in [0.15, 0.2) is 0 Å². The number of aryl methyl sites for hydroxylation is 1. The molecule has 0 aliphatic carbocycles. The normalized spacial score (nSPS) is 12.4. The Balaban J connectivity index is 2.23. The number of aliphatic hydroxyl groups excluding tert-OH is 1. The summed E-state index contributed by atoms with van der Waals surface area (Å²) in [7, 11) is 3.24. The fourth-order valence-electron chi connectivity index (χ4n) is 1.75. The van der Waals surface area contributed by atoms with E-state index in [0.29, 0.717) is 13.0 Å². The standard InChI is InChI=1S/C13H20BrNO3S/c1-15(8-10(16)9-18-2)13(17)5-3-4-11-6-7-12(14)19-11/h6-7,10,16H,3-5,8-9H2,1-2H3. The summed E-state index contributed by atoms with van der Waals surface area (Å²) < 4.78 is 5.95. The third-order valence-electron chi connectivity index (χ3n) is 2.71. The van der Waals surface area contributed by atoms with Crippen LogP contribution in [-0.2, 0) is 16.0 Å². The van der Waals surface area contributed by atoms with Crippen LogP contribution in [0.2, 0.25) is 0 Å². The molecule has 0 aliphatic rings. The van der Waals surface area contributed by atoms with Crippen molar-refractivity contribution in [1.29, 1.82) is 0 Å². The topological polar surface area (TPSA) is 49.8 Å². The highest BCUT2D eigenvalue weighted by molar-refractivity contribution is 9.11. The number of halogens is 1. The van der Waals surface area contributed by atoms with Gasteiger partial charge in [-0.25, -0.2) is 0 Å². The molecule has 1 aromatic heterocycles. The quantitative estimate of drug-likeness (QED) is 0.783. The van der Waals surface area contributed by atoms with E-state index in [1.54, 1.807) is 23.3 Å². The van der Waals surface area contributed by atoms with E-state index in [4.69, 9.17) is 4.74 Å². The summed E-state index contributed by atoms with van der Waals surface area (Å²) >= 11 is 5.12. The lowest BCUT2D eigenvalue weighted by atomic mass is 10.2. The Morgan fingerprint density at radius 3 is 2.89 bits per heavy atom. The van der Waals surface area contributed by atoms with Crippen LogP contribution in [-0.4, -0.2) is 49.3 Å². The number of nitrogens with zero attached hydrogens (tertiary/aromatic N) is 1. The zero-order valence-electron chi connectivity index (χ0n) is 11.3. The molecule has 0 bridgehead atoms. The molecule has 0 radical (unpaired) electrons. The number of hydrogen-bond donors (Lipinski definition) is 1. The molecule has 1 rings (SSSR count). The number of carbonyl (C=O) groups excluding carboxylic acids is 1. The highest BCUT2D eigenvalue weighted by Gasteiger charge is 2.13. The van der Waals surface area contributed by atoms with Crippen molar-refractivity contribution in [2.45, 2.75) is 25.4 Å². The van der Waals surface area contributed by atoms with Gasteiger partial charge in [-0.3, -0.25) is 4.79 Å². The van der Waals surface area contributed by atoms with Crippen LogP contribution in [0.25, 0.3) is 0 Å². The average molecular weight is 350 g/mol. The molecule has 1 aromatic rings. The number of aliphatic hydroxyl groups is 1. The van der Waals surface area contributed by atoms with Crippen LogP contribution < -0.4 is 0 Å². The van der Waals surface area contributed by atoms with Crippen molar-refractivity contribution in [3.8, 4) is 0 Å². The van der Waals surface area contributed by atoms with E-state index in [-0.39, 0.29) is 12.5 Å². The van der Waals surface area contributed by atoms with Gasteiger partial charge in [0.1, 0.15) is 0 Å². The number of likely N-dealkylation sites (N-methyl/N-ethyl adjacent to an activating group) is 1. The minimum absolute atomic E-state index is 0.0609. The van der Waals surface area contributed by atoms with E-state index in [2.05, 4.69) is 22.0 Å². The Hall–Kier alpha value is -0.430. The lowest BCUT2D eigenvalue weighted by Gasteiger charge is -2.20. The second kappa shape index (κ2) is 8.68. The first kappa shape index (κ1) is 16.6. The molecule has 0 aromatic carbocycles. The first-order valence-corrected chi connectivity index (χ1v) is 7.79. The van der Waals surface area contributed by atoms with Gasteiger partial charge in [0.25, 0.3) is 0 Å². The zero-order valence-corrected chi connectivity index (χ0v) is 13.7. The second-order valence-corrected chi connectivity index (χ2v) is 6.99. The largest absolute Gasteiger partial charge is 0.389 e.